The standard InChI is InChI=1S/C18H22O/c1-3-15-8-11-17(12-9-15)18(19)13-10-16-6-4-14(2)5-7-16/h4-9,11-12,18-19H,3,10,13H2,1-2H3. The summed E-state index contributed by atoms with van der Waals surface area (Å²) < 4.78 is 0. The Hall–Kier alpha value is -1.60. The molecule has 19 heavy (non-hydrogen) atoms. The van der Waals surface area contributed by atoms with Crippen molar-refractivity contribution < 1.29 is 5.11 Å². The van der Waals surface area contributed by atoms with Crippen LogP contribution in [0.5, 0.6) is 0 Å². The van der Waals surface area contributed by atoms with Gasteiger partial charge in [-0.05, 0) is 42.9 Å². The second kappa shape index (κ2) is 6.53. The van der Waals surface area contributed by atoms with Gasteiger partial charge in [-0.1, -0.05) is 61.0 Å². The smallest absolute Gasteiger partial charge is 0.0793 e. The van der Waals surface area contributed by atoms with Crippen LogP contribution in [-0.2, 0) is 12.8 Å². The molecule has 0 amide bonds. The third-order valence-electron chi connectivity index (χ3n) is 3.60. The second-order valence-electron chi connectivity index (χ2n) is 5.14. The summed E-state index contributed by atoms with van der Waals surface area (Å²) in [5, 5.41) is 10.2. The van der Waals surface area contributed by atoms with E-state index in [1.54, 1.807) is 0 Å². The zero-order valence-electron chi connectivity index (χ0n) is 11.8. The first-order valence-electron chi connectivity index (χ1n) is 7.01. The number of aliphatic hydroxyl groups is 1. The molecule has 0 saturated heterocycles. The van der Waals surface area contributed by atoms with Crippen molar-refractivity contribution in [2.75, 3.05) is 0 Å². The van der Waals surface area contributed by atoms with Crippen molar-refractivity contribution in [3.8, 4) is 0 Å². The van der Waals surface area contributed by atoms with Crippen LogP contribution >= 0.6 is 0 Å². The molecule has 1 atom stereocenters. The van der Waals surface area contributed by atoms with Gasteiger partial charge < -0.3 is 5.11 Å². The molecule has 0 aromatic heterocycles. The van der Waals surface area contributed by atoms with E-state index in [9.17, 15) is 5.11 Å². The summed E-state index contributed by atoms with van der Waals surface area (Å²) in [5.41, 5.74) is 4.90. The van der Waals surface area contributed by atoms with E-state index in [1.165, 1.54) is 16.7 Å². The molecule has 0 bridgehead atoms. The van der Waals surface area contributed by atoms with Crippen LogP contribution in [0.25, 0.3) is 0 Å². The van der Waals surface area contributed by atoms with E-state index in [0.717, 1.165) is 24.8 Å². The first-order valence-corrected chi connectivity index (χ1v) is 7.01. The van der Waals surface area contributed by atoms with Crippen LogP contribution in [0.3, 0.4) is 0 Å². The van der Waals surface area contributed by atoms with Crippen LogP contribution in [-0.4, -0.2) is 5.11 Å². The molecule has 2 rings (SSSR count). The van der Waals surface area contributed by atoms with Gasteiger partial charge in [-0.3, -0.25) is 0 Å². The first-order chi connectivity index (χ1) is 9.19. The number of aryl methyl sites for hydroxylation is 3. The Morgan fingerprint density at radius 2 is 1.47 bits per heavy atom. The monoisotopic (exact) mass is 254 g/mol. The Balaban J connectivity index is 1.93. The Labute approximate surface area is 115 Å². The minimum Gasteiger partial charge on any atom is -0.388 e. The van der Waals surface area contributed by atoms with Crippen molar-refractivity contribution in [2.24, 2.45) is 0 Å². The number of rotatable bonds is 5. The Morgan fingerprint density at radius 1 is 0.895 bits per heavy atom. The van der Waals surface area contributed by atoms with Gasteiger partial charge in [0.2, 0.25) is 0 Å². The maximum absolute atomic E-state index is 10.2. The first kappa shape index (κ1) is 13.8. The Morgan fingerprint density at radius 3 is 2.05 bits per heavy atom. The maximum atomic E-state index is 10.2. The highest BCUT2D eigenvalue weighted by Gasteiger charge is 2.07. The van der Waals surface area contributed by atoms with Crippen molar-refractivity contribution in [1.29, 1.82) is 0 Å². The van der Waals surface area contributed by atoms with Gasteiger partial charge in [0.25, 0.3) is 0 Å². The average Bonchev–Trinajstić information content (AvgIpc) is 2.46. The fraction of sp³-hybridized carbons (Fsp3) is 0.333. The number of hydrogen-bond donors (Lipinski definition) is 1. The lowest BCUT2D eigenvalue weighted by Gasteiger charge is -2.11. The fourth-order valence-electron chi connectivity index (χ4n) is 2.20. The van der Waals surface area contributed by atoms with E-state index < -0.39 is 0 Å². The van der Waals surface area contributed by atoms with Gasteiger partial charge >= 0.3 is 0 Å². The number of hydrogen-bond acceptors (Lipinski definition) is 1. The van der Waals surface area contributed by atoms with E-state index in [4.69, 9.17) is 0 Å². The van der Waals surface area contributed by atoms with Crippen LogP contribution in [0.4, 0.5) is 0 Å². The summed E-state index contributed by atoms with van der Waals surface area (Å²) in [6.07, 6.45) is 2.36. The molecule has 2 aromatic rings. The van der Waals surface area contributed by atoms with Gasteiger partial charge in [-0.2, -0.15) is 0 Å². The van der Waals surface area contributed by atoms with Gasteiger partial charge in [0, 0.05) is 0 Å². The normalized spacial score (nSPS) is 12.4. The van der Waals surface area contributed by atoms with Gasteiger partial charge in [0.15, 0.2) is 0 Å². The largest absolute Gasteiger partial charge is 0.388 e. The zero-order valence-corrected chi connectivity index (χ0v) is 11.8. The lowest BCUT2D eigenvalue weighted by molar-refractivity contribution is 0.168. The predicted octanol–water partition coefficient (Wildman–Crippen LogP) is 4.22. The van der Waals surface area contributed by atoms with Crippen LogP contribution < -0.4 is 0 Å². The van der Waals surface area contributed by atoms with Crippen LogP contribution in [0.15, 0.2) is 48.5 Å². The van der Waals surface area contributed by atoms with Crippen molar-refractivity contribution in [1.82, 2.24) is 0 Å². The minimum absolute atomic E-state index is 0.368. The lowest BCUT2D eigenvalue weighted by atomic mass is 9.99. The minimum atomic E-state index is -0.368. The third kappa shape index (κ3) is 3.93. The quantitative estimate of drug-likeness (QED) is 0.847. The molecular formula is C18H22O. The van der Waals surface area contributed by atoms with Crippen molar-refractivity contribution in [2.45, 2.75) is 39.2 Å². The molecule has 0 aliphatic rings. The molecule has 1 unspecified atom stereocenters. The number of benzene rings is 2. The highest BCUT2D eigenvalue weighted by Crippen LogP contribution is 2.20. The van der Waals surface area contributed by atoms with Crippen molar-refractivity contribution >= 4 is 0 Å². The third-order valence-corrected chi connectivity index (χ3v) is 3.60. The van der Waals surface area contributed by atoms with Gasteiger partial charge in [0.05, 0.1) is 6.10 Å². The van der Waals surface area contributed by atoms with E-state index in [0.29, 0.717) is 0 Å². The molecule has 1 nitrogen and oxygen atoms in total. The Kier molecular flexibility index (Phi) is 4.75. The Bertz CT molecular complexity index is 496. The molecule has 0 heterocycles. The summed E-state index contributed by atoms with van der Waals surface area (Å²) in [6.45, 7) is 4.23. The molecular weight excluding hydrogens is 232 g/mol. The summed E-state index contributed by atoms with van der Waals surface area (Å²) in [6, 6.07) is 16.8. The molecule has 0 fully saturated rings. The van der Waals surface area contributed by atoms with Crippen LogP contribution in [0.1, 0.15) is 41.7 Å². The molecule has 1 heteroatoms. The predicted molar refractivity (Wildman–Crippen MR) is 80.3 cm³/mol. The number of aliphatic hydroxyl groups excluding tert-OH is 1. The van der Waals surface area contributed by atoms with Crippen LogP contribution in [0.2, 0.25) is 0 Å². The van der Waals surface area contributed by atoms with E-state index in [1.807, 2.05) is 12.1 Å². The molecule has 1 N–H and O–H groups in total. The second-order valence-corrected chi connectivity index (χ2v) is 5.14. The lowest BCUT2D eigenvalue weighted by Crippen LogP contribution is -2.00. The van der Waals surface area contributed by atoms with Crippen molar-refractivity contribution in [3.05, 3.63) is 70.8 Å². The molecule has 0 spiro atoms. The average molecular weight is 254 g/mol. The zero-order chi connectivity index (χ0) is 13.7. The molecule has 0 aliphatic carbocycles. The molecule has 0 saturated carbocycles. The van der Waals surface area contributed by atoms with Crippen molar-refractivity contribution in [3.63, 3.8) is 0 Å². The topological polar surface area (TPSA) is 20.2 Å². The summed E-state index contributed by atoms with van der Waals surface area (Å²) in [5.74, 6) is 0. The van der Waals surface area contributed by atoms with Gasteiger partial charge in [-0.25, -0.2) is 0 Å². The summed E-state index contributed by atoms with van der Waals surface area (Å²) in [7, 11) is 0. The molecule has 2 aromatic carbocycles. The molecule has 0 aliphatic heterocycles. The summed E-state index contributed by atoms with van der Waals surface area (Å²) in [4.78, 5) is 0. The maximum Gasteiger partial charge on any atom is 0.0793 e. The highest BCUT2D eigenvalue weighted by atomic mass is 16.3. The fourth-order valence-corrected chi connectivity index (χ4v) is 2.20. The van der Waals surface area contributed by atoms with E-state index in [2.05, 4.69) is 50.2 Å². The van der Waals surface area contributed by atoms with E-state index in [-0.39, 0.29) is 6.10 Å². The molecule has 100 valence electrons. The van der Waals surface area contributed by atoms with E-state index >= 15 is 0 Å². The van der Waals surface area contributed by atoms with Gasteiger partial charge in [0.1, 0.15) is 0 Å². The van der Waals surface area contributed by atoms with Gasteiger partial charge in [-0.15, -0.1) is 0 Å². The summed E-state index contributed by atoms with van der Waals surface area (Å²) >= 11 is 0. The highest BCUT2D eigenvalue weighted by molar-refractivity contribution is 5.25. The molecule has 0 radical (unpaired) electrons. The SMILES string of the molecule is CCc1ccc(C(O)CCc2ccc(C)cc2)cc1. The van der Waals surface area contributed by atoms with Crippen LogP contribution in [0, 0.1) is 6.92 Å².